The standard InChI is InChI=1S/C10H16O3/c1-11-9-3-4-13-8(9)10(12-2)6-7(10)5-9/h7-8H,3-6H2,1-2H3/t7-,8+,9-,10-/m1/s1/i4T/t4-,7+,8-,9+,10+/m0. The molecule has 3 heteroatoms. The van der Waals surface area contributed by atoms with Gasteiger partial charge in [-0.1, -0.05) is 0 Å². The molecule has 13 heavy (non-hydrogen) atoms. The lowest BCUT2D eigenvalue weighted by Crippen LogP contribution is -2.44. The third-order valence-electron chi connectivity index (χ3n) is 4.06. The first kappa shape index (κ1) is 7.21. The number of rotatable bonds is 2. The summed E-state index contributed by atoms with van der Waals surface area (Å²) in [6.45, 7) is -0.437. The predicted octanol–water partition coefficient (Wildman–Crippen LogP) is 0.969. The van der Waals surface area contributed by atoms with Gasteiger partial charge in [0, 0.05) is 20.6 Å². The molecule has 74 valence electrons. The maximum atomic E-state index is 7.67. The van der Waals surface area contributed by atoms with Crippen LogP contribution in [0.25, 0.3) is 0 Å². The first-order chi connectivity index (χ1) is 6.67. The van der Waals surface area contributed by atoms with Crippen LogP contribution in [0.3, 0.4) is 0 Å². The van der Waals surface area contributed by atoms with Gasteiger partial charge in [-0.05, 0) is 18.8 Å². The van der Waals surface area contributed by atoms with Crippen molar-refractivity contribution in [3.8, 4) is 0 Å². The maximum Gasteiger partial charge on any atom is 0.116 e. The zero-order chi connectivity index (χ0) is 9.97. The lowest BCUT2D eigenvalue weighted by molar-refractivity contribution is -0.112. The molecule has 1 aliphatic heterocycles. The van der Waals surface area contributed by atoms with Crippen molar-refractivity contribution in [2.24, 2.45) is 5.92 Å². The molecule has 0 aromatic rings. The lowest BCUT2D eigenvalue weighted by atomic mass is 9.93. The second kappa shape index (κ2) is 2.27. The Balaban J connectivity index is 1.93. The van der Waals surface area contributed by atoms with Crippen molar-refractivity contribution in [1.29, 1.82) is 0 Å². The summed E-state index contributed by atoms with van der Waals surface area (Å²) in [4.78, 5) is 0. The van der Waals surface area contributed by atoms with E-state index in [-0.39, 0.29) is 17.3 Å². The molecule has 5 atom stereocenters. The van der Waals surface area contributed by atoms with Gasteiger partial charge in [-0.15, -0.1) is 0 Å². The maximum absolute atomic E-state index is 7.67. The second-order valence-corrected chi connectivity index (χ2v) is 4.42. The van der Waals surface area contributed by atoms with Gasteiger partial charge in [0.2, 0.25) is 0 Å². The van der Waals surface area contributed by atoms with E-state index in [0.29, 0.717) is 12.3 Å². The van der Waals surface area contributed by atoms with Crippen molar-refractivity contribution in [2.75, 3.05) is 20.8 Å². The molecule has 0 bridgehead atoms. The zero-order valence-corrected chi connectivity index (χ0v) is 8.08. The van der Waals surface area contributed by atoms with Crippen molar-refractivity contribution in [3.63, 3.8) is 0 Å². The van der Waals surface area contributed by atoms with E-state index >= 15 is 0 Å². The summed E-state index contributed by atoms with van der Waals surface area (Å²) < 4.78 is 24.5. The van der Waals surface area contributed by atoms with Gasteiger partial charge < -0.3 is 14.2 Å². The number of ether oxygens (including phenoxy) is 3. The van der Waals surface area contributed by atoms with Crippen LogP contribution in [-0.4, -0.2) is 38.1 Å². The molecule has 3 rings (SSSR count). The first-order valence-corrected chi connectivity index (χ1v) is 4.85. The minimum atomic E-state index is -0.437. The summed E-state index contributed by atoms with van der Waals surface area (Å²) in [5.41, 5.74) is -0.350. The number of hydrogen-bond donors (Lipinski definition) is 0. The van der Waals surface area contributed by atoms with Crippen molar-refractivity contribution in [1.82, 2.24) is 0 Å². The van der Waals surface area contributed by atoms with E-state index in [1.54, 1.807) is 14.2 Å². The van der Waals surface area contributed by atoms with Gasteiger partial charge in [-0.2, -0.15) is 0 Å². The molecule has 2 aliphatic carbocycles. The Bertz CT molecular complexity index is 268. The van der Waals surface area contributed by atoms with Crippen LogP contribution in [0.15, 0.2) is 0 Å². The molecule has 0 aromatic carbocycles. The monoisotopic (exact) mass is 186 g/mol. The third kappa shape index (κ3) is 0.767. The Kier molecular flexibility index (Phi) is 1.26. The number of hydrogen-bond acceptors (Lipinski definition) is 3. The van der Waals surface area contributed by atoms with Crippen LogP contribution < -0.4 is 0 Å². The van der Waals surface area contributed by atoms with Crippen LogP contribution in [0.4, 0.5) is 0 Å². The summed E-state index contributed by atoms with van der Waals surface area (Å²) in [5.74, 6) is 0.588. The summed E-state index contributed by atoms with van der Waals surface area (Å²) in [5, 5.41) is 0. The Hall–Kier alpha value is -0.120. The first-order valence-electron chi connectivity index (χ1n) is 5.42. The summed E-state index contributed by atoms with van der Waals surface area (Å²) >= 11 is 0. The Morgan fingerprint density at radius 1 is 1.38 bits per heavy atom. The van der Waals surface area contributed by atoms with Gasteiger partial charge in [0.05, 0.1) is 13.6 Å². The van der Waals surface area contributed by atoms with E-state index in [1.807, 2.05) is 0 Å². The van der Waals surface area contributed by atoms with Crippen LogP contribution in [-0.2, 0) is 14.2 Å². The van der Waals surface area contributed by atoms with Gasteiger partial charge in [-0.25, -0.2) is 0 Å². The fourth-order valence-electron chi connectivity index (χ4n) is 3.21. The van der Waals surface area contributed by atoms with E-state index in [4.69, 9.17) is 15.6 Å². The highest BCUT2D eigenvalue weighted by molar-refractivity contribution is 5.25. The molecule has 0 unspecified atom stereocenters. The van der Waals surface area contributed by atoms with Crippen LogP contribution in [0, 0.1) is 5.92 Å². The smallest absolute Gasteiger partial charge is 0.116 e. The molecule has 2 saturated carbocycles. The van der Waals surface area contributed by atoms with Gasteiger partial charge in [0.1, 0.15) is 11.7 Å². The average molecular weight is 186 g/mol. The zero-order valence-electron chi connectivity index (χ0n) is 9.08. The molecule has 1 saturated heterocycles. The molecular weight excluding hydrogens is 168 g/mol. The molecule has 3 aliphatic rings. The molecule has 3 fully saturated rings. The predicted molar refractivity (Wildman–Crippen MR) is 46.6 cm³/mol. The molecule has 0 amide bonds. The number of methoxy groups -OCH3 is 2. The normalized spacial score (nSPS) is 64.5. The quantitative estimate of drug-likeness (QED) is 0.643. The molecule has 3 nitrogen and oxygen atoms in total. The van der Waals surface area contributed by atoms with Crippen LogP contribution in [0.5, 0.6) is 0 Å². The van der Waals surface area contributed by atoms with Crippen molar-refractivity contribution < 1.29 is 15.6 Å². The lowest BCUT2D eigenvalue weighted by Gasteiger charge is -2.31. The van der Waals surface area contributed by atoms with Gasteiger partial charge in [0.15, 0.2) is 0 Å². The highest BCUT2D eigenvalue weighted by Gasteiger charge is 2.75. The van der Waals surface area contributed by atoms with Crippen molar-refractivity contribution in [2.45, 2.75) is 36.6 Å². The Morgan fingerprint density at radius 3 is 2.92 bits per heavy atom. The molecule has 1 heterocycles. The van der Waals surface area contributed by atoms with Gasteiger partial charge in [-0.3, -0.25) is 0 Å². The van der Waals surface area contributed by atoms with E-state index in [2.05, 4.69) is 0 Å². The summed E-state index contributed by atoms with van der Waals surface area (Å²) in [7, 11) is 3.47. The highest BCUT2D eigenvalue weighted by atomic mass is 16.6. The van der Waals surface area contributed by atoms with Crippen LogP contribution in [0.2, 0.25) is 0 Å². The topological polar surface area (TPSA) is 27.7 Å². The molecule has 0 spiro atoms. The van der Waals surface area contributed by atoms with Crippen molar-refractivity contribution in [3.05, 3.63) is 0 Å². The SMILES string of the molecule is [3H][C@H]1C[C@@]2(OC)C[C@@H]3C[C@]3(OC)[C@H]2O1. The summed E-state index contributed by atoms with van der Waals surface area (Å²) in [6, 6.07) is 0. The minimum Gasteiger partial charge on any atom is -0.375 e. The molecule has 0 N–H and O–H groups in total. The highest BCUT2D eigenvalue weighted by Crippen LogP contribution is 2.65. The minimum absolute atomic E-state index is 0.0162. The second-order valence-electron chi connectivity index (χ2n) is 4.42. The van der Waals surface area contributed by atoms with E-state index in [1.165, 1.54) is 0 Å². The Labute approximate surface area is 79.8 Å². The van der Waals surface area contributed by atoms with Crippen LogP contribution in [0.1, 0.15) is 20.6 Å². The molecule has 0 radical (unpaired) electrons. The van der Waals surface area contributed by atoms with Crippen molar-refractivity contribution >= 4 is 0 Å². The van der Waals surface area contributed by atoms with Gasteiger partial charge in [0.25, 0.3) is 0 Å². The Morgan fingerprint density at radius 2 is 2.23 bits per heavy atom. The fourth-order valence-corrected chi connectivity index (χ4v) is 3.21. The molecular formula is C10H16O3. The fraction of sp³-hybridized carbons (Fsp3) is 1.00. The average Bonchev–Trinajstić information content (AvgIpc) is 2.66. The third-order valence-corrected chi connectivity index (χ3v) is 4.06. The largest absolute Gasteiger partial charge is 0.375 e. The summed E-state index contributed by atoms with van der Waals surface area (Å²) in [6.07, 6.45) is 2.75. The van der Waals surface area contributed by atoms with Crippen LogP contribution >= 0.6 is 0 Å². The van der Waals surface area contributed by atoms with Gasteiger partial charge >= 0.3 is 0 Å². The van der Waals surface area contributed by atoms with E-state index < -0.39 is 6.58 Å². The van der Waals surface area contributed by atoms with E-state index in [9.17, 15) is 0 Å². The number of fused-ring (bicyclic) bond motifs is 3. The van der Waals surface area contributed by atoms with E-state index in [0.717, 1.165) is 12.8 Å². The molecule has 0 aromatic heterocycles.